The fourth-order valence-corrected chi connectivity index (χ4v) is 6.47. The van der Waals surface area contributed by atoms with E-state index in [4.69, 9.17) is 47.0 Å². The molecule has 1 atom stereocenters. The average molecular weight is 1020 g/mol. The summed E-state index contributed by atoms with van der Waals surface area (Å²) in [5, 5.41) is 19.2. The van der Waals surface area contributed by atoms with Gasteiger partial charge in [-0.1, -0.05) is 56.0 Å². The van der Waals surface area contributed by atoms with E-state index in [1.807, 2.05) is 0 Å². The van der Waals surface area contributed by atoms with Crippen LogP contribution in [0.5, 0.6) is 0 Å². The Hall–Kier alpha value is -7.40. The number of carbonyl (C=O) groups is 5. The van der Waals surface area contributed by atoms with E-state index in [9.17, 15) is 41.5 Å². The van der Waals surface area contributed by atoms with E-state index >= 15 is 0 Å². The molecule has 5 amide bonds. The Morgan fingerprint density at radius 1 is 0.735 bits per heavy atom. The fraction of sp³-hybridized carbons (Fsp3) is 0.116. The van der Waals surface area contributed by atoms with Crippen molar-refractivity contribution in [3.8, 4) is 27.0 Å². The van der Waals surface area contributed by atoms with Crippen LogP contribution in [0, 0.1) is 39.5 Å². The molecular weight excluding hydrogens is 980 g/mol. The summed E-state index contributed by atoms with van der Waals surface area (Å²) in [7, 11) is 0. The topological polar surface area (TPSA) is 341 Å². The lowest BCUT2D eigenvalue weighted by Crippen LogP contribution is -2.21. The zero-order valence-corrected chi connectivity index (χ0v) is 37.7. The van der Waals surface area contributed by atoms with Crippen LogP contribution in [0.15, 0.2) is 114 Å². The van der Waals surface area contributed by atoms with Crippen LogP contribution in [0.1, 0.15) is 45.7 Å². The van der Waals surface area contributed by atoms with Gasteiger partial charge >= 0.3 is 6.03 Å². The number of aliphatic hydroxyl groups is 1. The molecule has 68 heavy (non-hydrogen) atoms. The van der Waals surface area contributed by atoms with Crippen LogP contribution in [-0.2, 0) is 33.7 Å². The Morgan fingerprint density at radius 2 is 1.12 bits per heavy atom. The van der Waals surface area contributed by atoms with Crippen LogP contribution < -0.4 is 34.0 Å². The number of nitroso groups, excluding NO2 is 1. The number of nitrogen functional groups attached to an aromatic ring is 1. The van der Waals surface area contributed by atoms with Gasteiger partial charge in [0.1, 0.15) is 52.2 Å². The number of hydrogen-bond acceptors (Lipinski definition) is 13. The van der Waals surface area contributed by atoms with Gasteiger partial charge in [-0.2, -0.15) is 5.26 Å². The summed E-state index contributed by atoms with van der Waals surface area (Å²) < 4.78 is 69.4. The van der Waals surface area contributed by atoms with Gasteiger partial charge in [-0.05, 0) is 89.3 Å². The van der Waals surface area contributed by atoms with Crippen molar-refractivity contribution in [3.63, 3.8) is 0 Å². The Labute approximate surface area is 403 Å². The quantitative estimate of drug-likeness (QED) is 0.0292. The molecule has 2 aromatic heterocycles. The second-order valence-corrected chi connectivity index (χ2v) is 14.9. The highest BCUT2D eigenvalue weighted by Crippen LogP contribution is 2.35. The zero-order chi connectivity index (χ0) is 49.8. The number of hydrogen-bond donors (Lipinski definition) is 7. The molecule has 0 aliphatic rings. The summed E-state index contributed by atoms with van der Waals surface area (Å²) in [6.45, 7) is 0.117. The number of rotatable bonds is 11. The normalized spacial score (nSPS) is 9.66. The maximum Gasteiger partial charge on any atom is 0.317 e. The number of nitrogens with zero attached hydrogens (tertiary/aromatic N) is 2. The van der Waals surface area contributed by atoms with Gasteiger partial charge in [0.05, 0.1) is 22.2 Å². The zero-order valence-electron chi connectivity index (χ0n) is 34.4. The largest absolute Gasteiger partial charge is 0.751 e. The number of amides is 5. The molecule has 25 heteroatoms. The van der Waals surface area contributed by atoms with Crippen LogP contribution >= 0.6 is 35.1 Å². The predicted octanol–water partition coefficient (Wildman–Crippen LogP) is 7.30. The monoisotopic (exact) mass is 1020 g/mol. The summed E-state index contributed by atoms with van der Waals surface area (Å²) in [6.07, 6.45) is 1.58. The molecule has 6 aromatic rings. The minimum absolute atomic E-state index is 0. The molecule has 2 heterocycles. The SMILES string of the molecule is C.Cl.N#CCC(N)=O.NC(=O)Nc1sc(-c2ccc(F)cc2)cc1C(N)=O.NC(=O)c1cc(-c2ccc(F)cc2)sc1N.O=CCc1ccc(F)cc1.O=NS(=O)[O-].OCCc1ccc(F)cc1. The van der Waals surface area contributed by atoms with Gasteiger partial charge in [0, 0.05) is 27.4 Å². The molecule has 0 aliphatic heterocycles. The first-order chi connectivity index (χ1) is 31.2. The van der Waals surface area contributed by atoms with Crippen molar-refractivity contribution in [2.24, 2.45) is 27.5 Å². The van der Waals surface area contributed by atoms with E-state index in [0.717, 1.165) is 39.2 Å². The molecule has 6 rings (SSSR count). The van der Waals surface area contributed by atoms with E-state index in [1.54, 1.807) is 65.2 Å². The Kier molecular flexibility index (Phi) is 31.3. The molecule has 0 saturated heterocycles. The van der Waals surface area contributed by atoms with Crippen LogP contribution in [-0.4, -0.2) is 50.5 Å². The summed E-state index contributed by atoms with van der Waals surface area (Å²) >= 11 is -0.357. The average Bonchev–Trinajstić information content (AvgIpc) is 3.88. The van der Waals surface area contributed by atoms with Crippen molar-refractivity contribution in [2.75, 3.05) is 17.7 Å². The molecule has 0 saturated carbocycles. The number of nitriles is 1. The van der Waals surface area contributed by atoms with Crippen molar-refractivity contribution in [1.82, 2.24) is 0 Å². The lowest BCUT2D eigenvalue weighted by molar-refractivity contribution is -0.117. The first kappa shape index (κ1) is 62.7. The van der Waals surface area contributed by atoms with Crippen molar-refractivity contribution >= 4 is 86.4 Å². The van der Waals surface area contributed by atoms with E-state index in [2.05, 4.69) is 11.1 Å². The Balaban J connectivity index is 0. The molecule has 12 N–H and O–H groups in total. The van der Waals surface area contributed by atoms with Gasteiger partial charge in [0.15, 0.2) is 0 Å². The number of thiophene rings is 2. The summed E-state index contributed by atoms with van der Waals surface area (Å²) in [4.78, 5) is 62.8. The summed E-state index contributed by atoms with van der Waals surface area (Å²) in [6, 6.07) is 27.7. The third-order valence-electron chi connectivity index (χ3n) is 7.38. The third-order valence-corrected chi connectivity index (χ3v) is 9.61. The number of aliphatic hydroxyl groups excluding tert-OH is 1. The van der Waals surface area contributed by atoms with Gasteiger partial charge in [-0.3, -0.25) is 19.7 Å². The van der Waals surface area contributed by atoms with Crippen molar-refractivity contribution in [2.45, 2.75) is 26.7 Å². The standard InChI is InChI=1S/C12H10FN3O2S.C11H9FN2OS.C8H9FO.C8H7FO.C3H4N2O.CH4.ClH.HNO3S/c13-7-3-1-6(2-4-7)9-5-8(10(14)17)11(19-9)16-12(15)18;12-7-3-1-6(2-4-7)9-5-8(10(13)15)11(14)16-9;2*9-8-3-1-7(2-4-8)5-6-10;4-2-1-3(5)6;;;2-1-5(3)4/h1-5H,(H2,14,17)(H3,15,16,18);1-5H,14H2,(H2,13,15);1-4,10H,5-6H2;1-4,6H,5H2;1H2,(H2,5,6);1H4;1H;(H,3,4)/p-1. The maximum atomic E-state index is 12.8. The van der Waals surface area contributed by atoms with E-state index in [1.165, 1.54) is 65.9 Å². The highest BCUT2D eigenvalue weighted by Gasteiger charge is 2.16. The molecule has 0 fully saturated rings. The van der Waals surface area contributed by atoms with Gasteiger partial charge in [0.2, 0.25) is 5.91 Å². The number of nitrogens with one attached hydrogen (secondary N) is 1. The van der Waals surface area contributed by atoms with Crippen LogP contribution in [0.4, 0.5) is 32.4 Å². The number of primary amides is 4. The number of carbonyl (C=O) groups excluding carboxylic acids is 5. The molecule has 0 radical (unpaired) electrons. The maximum absolute atomic E-state index is 12.8. The highest BCUT2D eigenvalue weighted by atomic mass is 35.5. The number of aldehydes is 1. The highest BCUT2D eigenvalue weighted by molar-refractivity contribution is 7.77. The first-order valence-electron chi connectivity index (χ1n) is 18.1. The minimum Gasteiger partial charge on any atom is -0.751 e. The van der Waals surface area contributed by atoms with Gasteiger partial charge in [-0.15, -0.1) is 40.0 Å². The van der Waals surface area contributed by atoms with Gasteiger partial charge < -0.3 is 43.1 Å². The fourth-order valence-electron chi connectivity index (χ4n) is 4.46. The second kappa shape index (κ2) is 34.0. The molecule has 4 aromatic carbocycles. The number of nitrogens with two attached hydrogens (primary N) is 5. The third kappa shape index (κ3) is 25.3. The molecule has 0 spiro atoms. The number of anilines is 2. The summed E-state index contributed by atoms with van der Waals surface area (Å²) in [5.41, 5.74) is 29.4. The molecule has 364 valence electrons. The van der Waals surface area contributed by atoms with E-state index in [0.29, 0.717) is 33.8 Å². The summed E-state index contributed by atoms with van der Waals surface area (Å²) in [5.74, 6) is -2.96. The van der Waals surface area contributed by atoms with E-state index in [-0.39, 0.29) is 66.7 Å². The minimum atomic E-state index is -2.75. The van der Waals surface area contributed by atoms with Gasteiger partial charge in [0.25, 0.3) is 11.8 Å². The molecule has 1 unspecified atom stereocenters. The van der Waals surface area contributed by atoms with Crippen LogP contribution in [0.25, 0.3) is 20.9 Å². The lowest BCUT2D eigenvalue weighted by Gasteiger charge is -1.99. The molecule has 0 aliphatic carbocycles. The number of halogens is 5. The van der Waals surface area contributed by atoms with Crippen LogP contribution in [0.3, 0.4) is 0 Å². The molecule has 0 bridgehead atoms. The van der Waals surface area contributed by atoms with Crippen molar-refractivity contribution in [1.29, 1.82) is 5.26 Å². The second-order valence-electron chi connectivity index (χ2n) is 12.2. The van der Waals surface area contributed by atoms with Gasteiger partial charge in [-0.25, -0.2) is 26.6 Å². The lowest BCUT2D eigenvalue weighted by atomic mass is 10.1. The number of urea groups is 1. The Bertz CT molecular complexity index is 2580. The Morgan fingerprint density at radius 3 is 1.43 bits per heavy atom. The van der Waals surface area contributed by atoms with Crippen molar-refractivity contribution < 1.29 is 55.4 Å². The van der Waals surface area contributed by atoms with Crippen LogP contribution in [0.2, 0.25) is 0 Å². The molecular formula is C43H44ClF4N8O9S3-. The number of benzene rings is 4. The predicted molar refractivity (Wildman–Crippen MR) is 256 cm³/mol. The molecule has 17 nitrogen and oxygen atoms in total. The first-order valence-corrected chi connectivity index (χ1v) is 20.7. The smallest absolute Gasteiger partial charge is 0.317 e. The van der Waals surface area contributed by atoms with Crippen molar-refractivity contribution in [3.05, 3.63) is 160 Å². The van der Waals surface area contributed by atoms with E-state index < -0.39 is 35.0 Å².